The Bertz CT molecular complexity index is 1300. The van der Waals surface area contributed by atoms with Crippen molar-refractivity contribution >= 4 is 34.8 Å². The van der Waals surface area contributed by atoms with Gasteiger partial charge in [-0.15, -0.1) is 0 Å². The predicted octanol–water partition coefficient (Wildman–Crippen LogP) is 5.19. The van der Waals surface area contributed by atoms with E-state index in [4.69, 9.17) is 11.6 Å². The SMILES string of the molecule is CC1=C(C(=O)Nc2cc(C)ccn2)[C@H](c2cc([N+](=O)[O-])ccc2Cl)C2=C(CC(C)(C)CC2=O)N1. The van der Waals surface area contributed by atoms with Gasteiger partial charge in [-0.25, -0.2) is 4.98 Å². The van der Waals surface area contributed by atoms with Gasteiger partial charge in [0, 0.05) is 58.2 Å². The maximum Gasteiger partial charge on any atom is 0.269 e. The highest BCUT2D eigenvalue weighted by molar-refractivity contribution is 6.31. The number of hydrogen-bond acceptors (Lipinski definition) is 6. The van der Waals surface area contributed by atoms with Gasteiger partial charge in [0.05, 0.1) is 4.92 Å². The van der Waals surface area contributed by atoms with E-state index in [1.807, 2.05) is 26.8 Å². The van der Waals surface area contributed by atoms with Crippen LogP contribution in [0, 0.1) is 22.5 Å². The number of nitro groups is 1. The minimum absolute atomic E-state index is 0.113. The molecule has 1 aromatic carbocycles. The standard InChI is InChI=1S/C25H25ClN4O4/c1-13-7-8-27-20(9-13)29-24(32)21-14(2)28-18-11-25(3,4)12-19(31)23(18)22(21)16-10-15(30(33)34)5-6-17(16)26/h5-10,22,28H,11-12H2,1-4H3,(H,27,29,32)/t22-/m0/s1. The Labute approximate surface area is 202 Å². The van der Waals surface area contributed by atoms with Gasteiger partial charge in [-0.05, 0) is 55.0 Å². The number of anilines is 1. The summed E-state index contributed by atoms with van der Waals surface area (Å²) in [4.78, 5) is 42.1. The third kappa shape index (κ3) is 4.46. The molecule has 1 amide bonds. The number of pyridine rings is 1. The van der Waals surface area contributed by atoms with E-state index in [9.17, 15) is 19.7 Å². The van der Waals surface area contributed by atoms with E-state index >= 15 is 0 Å². The summed E-state index contributed by atoms with van der Waals surface area (Å²) in [6.07, 6.45) is 2.49. The molecule has 0 fully saturated rings. The fourth-order valence-corrected chi connectivity index (χ4v) is 4.93. The Morgan fingerprint density at radius 1 is 1.24 bits per heavy atom. The maximum absolute atomic E-state index is 13.6. The summed E-state index contributed by atoms with van der Waals surface area (Å²) in [5, 5.41) is 17.8. The van der Waals surface area contributed by atoms with Crippen molar-refractivity contribution in [2.24, 2.45) is 5.41 Å². The number of ketones is 1. The smallest absolute Gasteiger partial charge is 0.269 e. The summed E-state index contributed by atoms with van der Waals surface area (Å²) in [5.41, 5.74) is 2.82. The van der Waals surface area contributed by atoms with Gasteiger partial charge in [0.2, 0.25) is 0 Å². The molecule has 2 heterocycles. The highest BCUT2D eigenvalue weighted by Gasteiger charge is 2.43. The second kappa shape index (κ2) is 8.68. The summed E-state index contributed by atoms with van der Waals surface area (Å²) in [5.74, 6) is -1.06. The Morgan fingerprint density at radius 3 is 2.65 bits per heavy atom. The van der Waals surface area contributed by atoms with Crippen molar-refractivity contribution in [1.82, 2.24) is 10.3 Å². The number of benzene rings is 1. The second-order valence-electron chi connectivity index (χ2n) is 9.57. The zero-order valence-electron chi connectivity index (χ0n) is 19.4. The summed E-state index contributed by atoms with van der Waals surface area (Å²) in [6, 6.07) is 7.63. The number of aryl methyl sites for hydroxylation is 1. The number of nitrogens with zero attached hydrogens (tertiary/aromatic N) is 2. The molecule has 0 radical (unpaired) electrons. The molecule has 1 aliphatic heterocycles. The third-order valence-electron chi connectivity index (χ3n) is 6.14. The minimum Gasteiger partial charge on any atom is -0.362 e. The highest BCUT2D eigenvalue weighted by atomic mass is 35.5. The van der Waals surface area contributed by atoms with Crippen molar-refractivity contribution < 1.29 is 14.5 Å². The lowest BCUT2D eigenvalue weighted by molar-refractivity contribution is -0.384. The molecule has 2 N–H and O–H groups in total. The van der Waals surface area contributed by atoms with E-state index in [1.54, 1.807) is 19.2 Å². The number of carbonyl (C=O) groups excluding carboxylic acids is 2. The first-order valence-corrected chi connectivity index (χ1v) is 11.3. The van der Waals surface area contributed by atoms with Crippen LogP contribution in [-0.4, -0.2) is 21.6 Å². The van der Waals surface area contributed by atoms with Crippen LogP contribution in [0.5, 0.6) is 0 Å². The Kier molecular flexibility index (Phi) is 6.03. The van der Waals surface area contributed by atoms with Gasteiger partial charge in [-0.2, -0.15) is 0 Å². The normalized spacial score (nSPS) is 19.4. The molecule has 4 rings (SSSR count). The highest BCUT2D eigenvalue weighted by Crippen LogP contribution is 2.48. The quantitative estimate of drug-likeness (QED) is 0.459. The van der Waals surface area contributed by atoms with Gasteiger partial charge in [0.25, 0.3) is 11.6 Å². The molecule has 0 saturated carbocycles. The number of hydrogen-bond donors (Lipinski definition) is 2. The number of non-ortho nitro benzene ring substituents is 1. The maximum atomic E-state index is 13.6. The molecule has 1 aromatic heterocycles. The average molecular weight is 481 g/mol. The Morgan fingerprint density at radius 2 is 1.97 bits per heavy atom. The van der Waals surface area contributed by atoms with E-state index in [0.717, 1.165) is 11.3 Å². The number of rotatable bonds is 4. The molecular weight excluding hydrogens is 456 g/mol. The number of dihydropyridines is 1. The van der Waals surface area contributed by atoms with Crippen LogP contribution in [0.2, 0.25) is 5.02 Å². The molecule has 8 nitrogen and oxygen atoms in total. The first-order chi connectivity index (χ1) is 16.0. The van der Waals surface area contributed by atoms with Crippen LogP contribution in [0.1, 0.15) is 50.7 Å². The van der Waals surface area contributed by atoms with Crippen molar-refractivity contribution in [1.29, 1.82) is 0 Å². The zero-order valence-corrected chi connectivity index (χ0v) is 20.1. The molecule has 1 atom stereocenters. The topological polar surface area (TPSA) is 114 Å². The van der Waals surface area contributed by atoms with Gasteiger partial charge in [0.1, 0.15) is 5.82 Å². The average Bonchev–Trinajstić information content (AvgIpc) is 2.71. The number of nitro benzene ring substituents is 1. The predicted molar refractivity (Wildman–Crippen MR) is 129 cm³/mol. The molecular formula is C25H25ClN4O4. The van der Waals surface area contributed by atoms with Crippen LogP contribution in [0.3, 0.4) is 0 Å². The first kappa shape index (κ1) is 23.6. The van der Waals surface area contributed by atoms with Crippen molar-refractivity contribution in [2.45, 2.75) is 46.5 Å². The van der Waals surface area contributed by atoms with Gasteiger partial charge < -0.3 is 10.6 Å². The van der Waals surface area contributed by atoms with E-state index in [1.165, 1.54) is 18.2 Å². The number of halogens is 1. The number of nitrogens with one attached hydrogen (secondary N) is 2. The van der Waals surface area contributed by atoms with E-state index in [-0.39, 0.29) is 27.5 Å². The molecule has 0 unspecified atom stereocenters. The molecule has 9 heteroatoms. The van der Waals surface area contributed by atoms with Crippen LogP contribution in [0.15, 0.2) is 59.1 Å². The third-order valence-corrected chi connectivity index (χ3v) is 6.49. The molecule has 0 bridgehead atoms. The number of aromatic nitrogens is 1. The Balaban J connectivity index is 1.88. The van der Waals surface area contributed by atoms with Crippen molar-refractivity contribution in [3.05, 3.63) is 85.3 Å². The van der Waals surface area contributed by atoms with Gasteiger partial charge in [-0.3, -0.25) is 19.7 Å². The van der Waals surface area contributed by atoms with E-state index in [2.05, 4.69) is 15.6 Å². The number of Topliss-reactive ketones (excluding diaryl/α,β-unsaturated/α-hetero) is 1. The van der Waals surface area contributed by atoms with Crippen LogP contribution in [0.4, 0.5) is 11.5 Å². The van der Waals surface area contributed by atoms with Crippen LogP contribution in [0.25, 0.3) is 0 Å². The summed E-state index contributed by atoms with van der Waals surface area (Å²) >= 11 is 6.52. The molecule has 34 heavy (non-hydrogen) atoms. The molecule has 1 aliphatic carbocycles. The summed E-state index contributed by atoms with van der Waals surface area (Å²) < 4.78 is 0. The van der Waals surface area contributed by atoms with Gasteiger partial charge in [0.15, 0.2) is 5.78 Å². The monoisotopic (exact) mass is 480 g/mol. The lowest BCUT2D eigenvalue weighted by Gasteiger charge is -2.39. The number of allylic oxidation sites excluding steroid dienone is 3. The Hall–Kier alpha value is -3.52. The van der Waals surface area contributed by atoms with Crippen molar-refractivity contribution in [3.8, 4) is 0 Å². The molecule has 2 aliphatic rings. The fourth-order valence-electron chi connectivity index (χ4n) is 4.70. The first-order valence-electron chi connectivity index (χ1n) is 10.9. The van der Waals surface area contributed by atoms with E-state index < -0.39 is 16.7 Å². The van der Waals surface area contributed by atoms with E-state index in [0.29, 0.717) is 35.5 Å². The fraction of sp³-hybridized carbons (Fsp3) is 0.320. The lowest BCUT2D eigenvalue weighted by atomic mass is 9.68. The zero-order chi connectivity index (χ0) is 24.8. The van der Waals surface area contributed by atoms with Crippen LogP contribution < -0.4 is 10.6 Å². The lowest BCUT2D eigenvalue weighted by Crippen LogP contribution is -2.39. The largest absolute Gasteiger partial charge is 0.362 e. The van der Waals surface area contributed by atoms with Crippen LogP contribution >= 0.6 is 11.6 Å². The molecule has 0 saturated heterocycles. The minimum atomic E-state index is -0.850. The second-order valence-corrected chi connectivity index (χ2v) is 9.97. The molecule has 2 aromatic rings. The van der Waals surface area contributed by atoms with Crippen LogP contribution in [-0.2, 0) is 9.59 Å². The van der Waals surface area contributed by atoms with Gasteiger partial charge >= 0.3 is 0 Å². The number of amides is 1. The van der Waals surface area contributed by atoms with Gasteiger partial charge in [-0.1, -0.05) is 25.4 Å². The number of carbonyl (C=O) groups is 2. The van der Waals surface area contributed by atoms with Crippen molar-refractivity contribution in [2.75, 3.05) is 5.32 Å². The summed E-state index contributed by atoms with van der Waals surface area (Å²) in [6.45, 7) is 7.66. The summed E-state index contributed by atoms with van der Waals surface area (Å²) in [7, 11) is 0. The molecule has 176 valence electrons. The molecule has 0 spiro atoms. The van der Waals surface area contributed by atoms with Crippen molar-refractivity contribution in [3.63, 3.8) is 0 Å².